The molecule has 1 fully saturated rings. The van der Waals surface area contributed by atoms with Gasteiger partial charge >= 0.3 is 7.82 Å². The van der Waals surface area contributed by atoms with E-state index >= 15 is 0 Å². The van der Waals surface area contributed by atoms with Crippen molar-refractivity contribution in [3.63, 3.8) is 0 Å². The Hall–Kier alpha value is -4.58. The second-order valence-electron chi connectivity index (χ2n) is 18.3. The third-order valence-corrected chi connectivity index (χ3v) is 13.5. The Kier molecular flexibility index (Phi) is 28.5. The molecule has 8 atom stereocenters. The largest absolute Gasteiger partial charge is 0.472 e. The van der Waals surface area contributed by atoms with Gasteiger partial charge in [0.15, 0.2) is 11.6 Å². The molecule has 10 N–H and O–H groups in total. The topological polar surface area (TPSA) is 334 Å². The number of H-pyrrole nitrogens is 1. The average Bonchev–Trinajstić information content (AvgIpc) is 4.06. The number of aryl methyl sites for hydroxylation is 1. The molecular weight excluding hydrogens is 976 g/mol. The van der Waals surface area contributed by atoms with Crippen LogP contribution in [0.5, 0.6) is 0 Å². The Labute approximate surface area is 427 Å². The Morgan fingerprint density at radius 1 is 0.917 bits per heavy atom. The highest BCUT2D eigenvalue weighted by atomic mass is 32.1. The molecule has 0 bridgehead atoms. The minimum Gasteiger partial charge on any atom is -0.394 e. The number of primary amides is 1. The molecule has 5 amide bonds. The molecule has 22 nitrogen and oxygen atoms in total. The van der Waals surface area contributed by atoms with E-state index < -0.39 is 98.7 Å². The van der Waals surface area contributed by atoms with Crippen molar-refractivity contribution >= 4 is 61.6 Å². The lowest BCUT2D eigenvalue weighted by Gasteiger charge is -2.28. The van der Waals surface area contributed by atoms with Crippen LogP contribution in [0.3, 0.4) is 0 Å². The van der Waals surface area contributed by atoms with Crippen molar-refractivity contribution in [2.24, 2.45) is 29.2 Å². The van der Waals surface area contributed by atoms with Crippen molar-refractivity contribution in [3.8, 4) is 0 Å². The molecule has 1 aliphatic heterocycles. The fourth-order valence-corrected chi connectivity index (χ4v) is 9.19. The van der Waals surface area contributed by atoms with Crippen molar-refractivity contribution in [3.05, 3.63) is 54.1 Å². The van der Waals surface area contributed by atoms with E-state index in [1.165, 1.54) is 29.9 Å². The number of aliphatic hydroxyl groups is 1. The maximum absolute atomic E-state index is 14.1. The van der Waals surface area contributed by atoms with Gasteiger partial charge in [0.1, 0.15) is 12.1 Å². The van der Waals surface area contributed by atoms with Crippen LogP contribution < -0.4 is 27.4 Å². The van der Waals surface area contributed by atoms with Gasteiger partial charge in [-0.05, 0) is 56.9 Å². The Morgan fingerprint density at radius 3 is 2.26 bits per heavy atom. The zero-order chi connectivity index (χ0) is 53.1. The predicted octanol–water partition coefficient (Wildman–Crippen LogP) is 1.71. The molecule has 1 unspecified atom stereocenters. The number of nitrogens with one attached hydrogen (secondary N) is 4. The highest BCUT2D eigenvalue weighted by Crippen LogP contribution is 2.46. The summed E-state index contributed by atoms with van der Waals surface area (Å²) in [5.74, 6) is -6.77. The first-order valence-electron chi connectivity index (χ1n) is 24.7. The van der Waals surface area contributed by atoms with Crippen molar-refractivity contribution in [1.82, 2.24) is 30.8 Å². The predicted molar refractivity (Wildman–Crippen MR) is 269 cm³/mol. The Balaban J connectivity index is 1.55. The summed E-state index contributed by atoms with van der Waals surface area (Å²) in [4.78, 5) is 112. The number of carbonyl (C=O) groups excluding carboxylic acids is 7. The second-order valence-corrected chi connectivity index (χ2v) is 20.1. The van der Waals surface area contributed by atoms with Gasteiger partial charge in [-0.15, -0.1) is 0 Å². The zero-order valence-corrected chi connectivity index (χ0v) is 43.5. The second kappa shape index (κ2) is 33.3. The fraction of sp³-hybridized carbons (Fsp3) is 0.667. The molecule has 0 radical (unpaired) electrons. The summed E-state index contributed by atoms with van der Waals surface area (Å²) in [6.45, 7) is 5.36. The van der Waals surface area contributed by atoms with Crippen molar-refractivity contribution in [2.45, 2.75) is 128 Å². The minimum atomic E-state index is -4.69. The molecule has 2 heterocycles. The van der Waals surface area contributed by atoms with Crippen LogP contribution >= 0.6 is 20.5 Å². The van der Waals surface area contributed by atoms with Gasteiger partial charge in [-0.3, -0.25) is 42.6 Å². The van der Waals surface area contributed by atoms with Gasteiger partial charge in [-0.2, -0.15) is 12.6 Å². The first-order valence-corrected chi connectivity index (χ1v) is 26.8. The molecule has 1 aliphatic rings. The molecule has 24 heteroatoms. The van der Waals surface area contributed by atoms with E-state index in [0.29, 0.717) is 31.5 Å². The molecule has 1 aromatic carbocycles. The molecule has 3 rings (SSSR count). The number of phosphoric ester groups is 1. The number of aromatic amines is 1. The van der Waals surface area contributed by atoms with Gasteiger partial charge < -0.3 is 56.8 Å². The number of likely N-dealkylation sites (tertiary alicyclic amines) is 1. The number of thiol groups is 1. The van der Waals surface area contributed by atoms with Gasteiger partial charge in [-0.25, -0.2) is 9.55 Å². The fourth-order valence-electron chi connectivity index (χ4n) is 8.04. The third kappa shape index (κ3) is 23.1. The number of ketones is 2. The normalized spacial score (nSPS) is 17.0. The lowest BCUT2D eigenvalue weighted by atomic mass is 9.89. The molecule has 0 aliphatic carbocycles. The summed E-state index contributed by atoms with van der Waals surface area (Å²) in [6, 6.07) is 5.84. The number of carbonyl (C=O) groups is 7. The number of nitrogens with two attached hydrogens (primary N) is 2. The number of hydrogen-bond acceptors (Lipinski definition) is 16. The van der Waals surface area contributed by atoms with Crippen LogP contribution in [0.25, 0.3) is 0 Å². The SMILES string of the molecule is CC(C)C[C@H](NC(=O)[C@@H]1CCCN1C(=O)CCOCCOCCNC(=O)[C@@H](N)CS)C(=O)C[C@@H](Cc1cnc[nH]1)C(=O)N[C@@H](CO)C(=O)C[C@H](C(N)=O)[C@@H](C)OP(=O)(O)OCCCCCCc1ccccc1. The number of nitrogens with zero attached hydrogens (tertiary/aromatic N) is 2. The summed E-state index contributed by atoms with van der Waals surface area (Å²) in [6.07, 6.45) is 5.40. The summed E-state index contributed by atoms with van der Waals surface area (Å²) in [5.41, 5.74) is 12.9. The number of ether oxygens (including phenoxy) is 2. The number of hydrogen-bond donors (Lipinski definition) is 9. The van der Waals surface area contributed by atoms with Crippen LogP contribution in [0.1, 0.15) is 96.2 Å². The van der Waals surface area contributed by atoms with Crippen molar-refractivity contribution < 1.29 is 66.6 Å². The number of aliphatic hydroxyl groups excluding tert-OH is 1. The number of unbranched alkanes of at least 4 members (excludes halogenated alkanes) is 3. The lowest BCUT2D eigenvalue weighted by molar-refractivity contribution is -0.140. The molecule has 1 saturated heterocycles. The quantitative estimate of drug-likeness (QED) is 0.0263. The van der Waals surface area contributed by atoms with E-state index in [1.807, 2.05) is 44.2 Å². The maximum Gasteiger partial charge on any atom is 0.472 e. The summed E-state index contributed by atoms with van der Waals surface area (Å²) >= 11 is 3.99. The van der Waals surface area contributed by atoms with Gasteiger partial charge in [-0.1, -0.05) is 57.0 Å². The summed E-state index contributed by atoms with van der Waals surface area (Å²) < 4.78 is 34.1. The molecular formula is C48H77N8O14PS. The van der Waals surface area contributed by atoms with Gasteiger partial charge in [0, 0.05) is 50.0 Å². The van der Waals surface area contributed by atoms with E-state index in [4.69, 9.17) is 30.0 Å². The van der Waals surface area contributed by atoms with E-state index in [1.54, 1.807) is 0 Å². The first-order chi connectivity index (χ1) is 34.3. The lowest BCUT2D eigenvalue weighted by Crippen LogP contribution is -2.52. The van der Waals surface area contributed by atoms with Gasteiger partial charge in [0.05, 0.1) is 82.4 Å². The zero-order valence-electron chi connectivity index (χ0n) is 41.7. The smallest absolute Gasteiger partial charge is 0.394 e. The first kappa shape index (κ1) is 61.7. The van der Waals surface area contributed by atoms with Gasteiger partial charge in [0.25, 0.3) is 0 Å². The van der Waals surface area contributed by atoms with Crippen LogP contribution in [-0.4, -0.2) is 155 Å². The minimum absolute atomic E-state index is 0.00392. The molecule has 2 aromatic rings. The molecule has 0 saturated carbocycles. The number of Topliss-reactive ketones (excluding diaryl/α,β-unsaturated/α-hetero) is 2. The van der Waals surface area contributed by atoms with E-state index in [0.717, 1.165) is 25.7 Å². The molecule has 72 heavy (non-hydrogen) atoms. The monoisotopic (exact) mass is 1050 g/mol. The Morgan fingerprint density at radius 2 is 1.61 bits per heavy atom. The highest BCUT2D eigenvalue weighted by Gasteiger charge is 2.38. The summed E-state index contributed by atoms with van der Waals surface area (Å²) in [5, 5.41) is 18.2. The Bertz CT molecular complexity index is 2040. The van der Waals surface area contributed by atoms with Crippen molar-refractivity contribution in [2.75, 3.05) is 58.5 Å². The number of imidazole rings is 1. The number of rotatable bonds is 38. The van der Waals surface area contributed by atoms with Gasteiger partial charge in [0.2, 0.25) is 29.5 Å². The van der Waals surface area contributed by atoms with Crippen LogP contribution in [-0.2, 0) is 69.5 Å². The van der Waals surface area contributed by atoms with E-state index in [9.17, 15) is 48.1 Å². The number of phosphoric acid groups is 1. The number of amides is 5. The molecule has 404 valence electrons. The van der Waals surface area contributed by atoms with Crippen LogP contribution in [0.2, 0.25) is 0 Å². The van der Waals surface area contributed by atoms with Crippen LogP contribution in [0.4, 0.5) is 0 Å². The van der Waals surface area contributed by atoms with E-state index in [-0.39, 0.29) is 82.3 Å². The summed E-state index contributed by atoms with van der Waals surface area (Å²) in [7, 11) is -4.69. The van der Waals surface area contributed by atoms with Crippen molar-refractivity contribution in [1.29, 1.82) is 0 Å². The van der Waals surface area contributed by atoms with E-state index in [2.05, 4.69) is 38.5 Å². The standard InChI is InChI=1S/C48H77N8O14PS/c1-32(2)24-39(54-48(64)41-15-11-18-56(41)44(60)16-20-67-22-23-68-21-17-52-47(63)38(49)30-72)42(58)26-35(25-36-28-51-31-53-36)46(62)55-40(29-57)43(59)27-37(45(50)61)33(3)70-71(65,66)69-19-10-5-4-7-12-34-13-8-6-9-14-34/h6,8-9,13-14,28,31-33,35,37-41,57,72H,4-5,7,10-12,15-27,29-30,49H2,1-3H3,(H2,50,61)(H,51,53)(H,52,63)(H,54,64)(H,55,62)(H,65,66)/t33-,35-,37+,38+,39+,40+,41+/m1/s1. The average molecular weight is 1050 g/mol. The number of benzene rings is 1. The molecule has 0 spiro atoms. The molecule has 1 aromatic heterocycles. The maximum atomic E-state index is 14.1. The highest BCUT2D eigenvalue weighted by molar-refractivity contribution is 7.80. The van der Waals surface area contributed by atoms with Crippen LogP contribution in [0, 0.1) is 17.8 Å². The van der Waals surface area contributed by atoms with Crippen LogP contribution in [0.15, 0.2) is 42.9 Å². The third-order valence-electron chi connectivity index (χ3n) is 12.0. The number of aromatic nitrogens is 2.